The number of aliphatic imine (C=N–C) groups is 1. The summed E-state index contributed by atoms with van der Waals surface area (Å²) in [6.45, 7) is 0.775. The molecule has 0 bridgehead atoms. The standard InChI is InChI=1S/C16H18ClN5O2/c1-23-14-8-4-6-11(9-18-16-19-21-22-20-16)15(14)24-10-12-5-2-3-7-13(12)17/h2-8,21-22H,9-10H2,1H3,(H2,18,19,20). The maximum atomic E-state index is 6.19. The molecule has 7 nitrogen and oxygen atoms in total. The highest BCUT2D eigenvalue weighted by Crippen LogP contribution is 2.32. The molecule has 0 amide bonds. The number of methoxy groups -OCH3 is 1. The summed E-state index contributed by atoms with van der Waals surface area (Å²) < 4.78 is 11.4. The van der Waals surface area contributed by atoms with Gasteiger partial charge in [0, 0.05) is 16.1 Å². The number of halogens is 1. The van der Waals surface area contributed by atoms with E-state index in [1.807, 2.05) is 42.5 Å². The van der Waals surface area contributed by atoms with Crippen LogP contribution in [0.15, 0.2) is 47.5 Å². The highest BCUT2D eigenvalue weighted by molar-refractivity contribution is 6.31. The molecule has 0 radical (unpaired) electrons. The molecular weight excluding hydrogens is 330 g/mol. The topological polar surface area (TPSA) is 78.9 Å². The number of hydrogen-bond acceptors (Lipinski definition) is 5. The Morgan fingerprint density at radius 3 is 2.50 bits per heavy atom. The van der Waals surface area contributed by atoms with Gasteiger partial charge in [-0.3, -0.25) is 10.9 Å². The third-order valence-corrected chi connectivity index (χ3v) is 3.81. The molecule has 0 atom stereocenters. The fraction of sp³-hybridized carbons (Fsp3) is 0.188. The maximum absolute atomic E-state index is 6.19. The van der Waals surface area contributed by atoms with Crippen molar-refractivity contribution in [3.63, 3.8) is 0 Å². The van der Waals surface area contributed by atoms with Gasteiger partial charge in [0.05, 0.1) is 13.7 Å². The molecule has 0 unspecified atom stereocenters. The predicted molar refractivity (Wildman–Crippen MR) is 92.5 cm³/mol. The summed E-state index contributed by atoms with van der Waals surface area (Å²) >= 11 is 6.19. The van der Waals surface area contributed by atoms with Gasteiger partial charge in [0.2, 0.25) is 5.96 Å². The van der Waals surface area contributed by atoms with Crippen LogP contribution in [0.5, 0.6) is 11.5 Å². The molecule has 0 spiro atoms. The first-order chi connectivity index (χ1) is 11.8. The van der Waals surface area contributed by atoms with Gasteiger partial charge in [0.15, 0.2) is 11.5 Å². The minimum atomic E-state index is 0.350. The van der Waals surface area contributed by atoms with Crippen molar-refractivity contribution < 1.29 is 9.47 Å². The first-order valence-electron chi connectivity index (χ1n) is 7.36. The number of benzene rings is 2. The van der Waals surface area contributed by atoms with Crippen molar-refractivity contribution in [3.8, 4) is 11.5 Å². The monoisotopic (exact) mass is 347 g/mol. The molecule has 1 heterocycles. The Morgan fingerprint density at radius 1 is 1.00 bits per heavy atom. The number of rotatable bonds is 6. The lowest BCUT2D eigenvalue weighted by molar-refractivity contribution is 0.281. The second-order valence-electron chi connectivity index (χ2n) is 4.99. The summed E-state index contributed by atoms with van der Waals surface area (Å²) in [6.07, 6.45) is 0. The fourth-order valence-electron chi connectivity index (χ4n) is 2.23. The van der Waals surface area contributed by atoms with Crippen LogP contribution >= 0.6 is 11.6 Å². The van der Waals surface area contributed by atoms with Gasteiger partial charge in [-0.15, -0.1) is 0 Å². The molecule has 8 heteroatoms. The number of ether oxygens (including phenoxy) is 2. The zero-order valence-electron chi connectivity index (χ0n) is 13.1. The van der Waals surface area contributed by atoms with Crippen molar-refractivity contribution in [2.45, 2.75) is 13.2 Å². The second kappa shape index (κ2) is 7.87. The Morgan fingerprint density at radius 2 is 1.75 bits per heavy atom. The van der Waals surface area contributed by atoms with E-state index >= 15 is 0 Å². The first kappa shape index (κ1) is 16.4. The largest absolute Gasteiger partial charge is 0.493 e. The van der Waals surface area contributed by atoms with E-state index in [-0.39, 0.29) is 0 Å². The minimum absolute atomic E-state index is 0.350. The molecule has 1 fully saturated rings. The number of guanidine groups is 1. The Hall–Kier alpha value is -2.48. The van der Waals surface area contributed by atoms with Crippen LogP contribution in [0.4, 0.5) is 0 Å². The SMILES string of the molecule is COc1cccc(CN=C2NNNN2)c1OCc1ccccc1Cl. The molecule has 0 aromatic heterocycles. The molecule has 0 saturated carbocycles. The van der Waals surface area contributed by atoms with Crippen LogP contribution in [0.25, 0.3) is 0 Å². The minimum Gasteiger partial charge on any atom is -0.493 e. The molecule has 126 valence electrons. The van der Waals surface area contributed by atoms with Crippen molar-refractivity contribution in [1.82, 2.24) is 21.9 Å². The molecule has 1 aliphatic heterocycles. The van der Waals surface area contributed by atoms with E-state index in [1.54, 1.807) is 7.11 Å². The van der Waals surface area contributed by atoms with Crippen LogP contribution in [-0.2, 0) is 13.2 Å². The number of hydrazine groups is 3. The summed E-state index contributed by atoms with van der Waals surface area (Å²) in [5.74, 6) is 1.90. The van der Waals surface area contributed by atoms with Crippen LogP contribution in [0, 0.1) is 0 Å². The summed E-state index contributed by atoms with van der Waals surface area (Å²) in [5, 5.41) is 0.672. The molecule has 4 N–H and O–H groups in total. The van der Waals surface area contributed by atoms with Crippen molar-refractivity contribution in [2.75, 3.05) is 7.11 Å². The fourth-order valence-corrected chi connectivity index (χ4v) is 2.42. The first-order valence-corrected chi connectivity index (χ1v) is 7.74. The van der Waals surface area contributed by atoms with Crippen LogP contribution in [0.3, 0.4) is 0 Å². The Kier molecular flexibility index (Phi) is 5.37. The van der Waals surface area contributed by atoms with E-state index < -0.39 is 0 Å². The van der Waals surface area contributed by atoms with Gasteiger partial charge in [-0.05, 0) is 12.1 Å². The predicted octanol–water partition coefficient (Wildman–Crippen LogP) is 1.90. The Labute approximate surface area is 144 Å². The normalized spacial score (nSPS) is 13.2. The van der Waals surface area contributed by atoms with Crippen LogP contribution in [0.1, 0.15) is 11.1 Å². The van der Waals surface area contributed by atoms with Crippen molar-refractivity contribution in [2.24, 2.45) is 4.99 Å². The molecule has 1 saturated heterocycles. The number of hydrogen-bond donors (Lipinski definition) is 4. The number of para-hydroxylation sites is 1. The average Bonchev–Trinajstić information content (AvgIpc) is 3.13. The molecule has 24 heavy (non-hydrogen) atoms. The van der Waals surface area contributed by atoms with Crippen LogP contribution in [-0.4, -0.2) is 13.1 Å². The second-order valence-corrected chi connectivity index (χ2v) is 5.40. The highest BCUT2D eigenvalue weighted by atomic mass is 35.5. The van der Waals surface area contributed by atoms with Gasteiger partial charge in [-0.1, -0.05) is 41.9 Å². The van der Waals surface area contributed by atoms with Gasteiger partial charge < -0.3 is 9.47 Å². The van der Waals surface area contributed by atoms with E-state index in [9.17, 15) is 0 Å². The van der Waals surface area contributed by atoms with Gasteiger partial charge in [-0.2, -0.15) is 11.1 Å². The van der Waals surface area contributed by atoms with E-state index in [4.69, 9.17) is 21.1 Å². The number of nitrogens with zero attached hydrogens (tertiary/aromatic N) is 1. The van der Waals surface area contributed by atoms with Gasteiger partial charge in [-0.25, -0.2) is 4.99 Å². The van der Waals surface area contributed by atoms with Crippen molar-refractivity contribution >= 4 is 17.6 Å². The summed E-state index contributed by atoms with van der Waals surface area (Å²) in [4.78, 5) is 4.41. The van der Waals surface area contributed by atoms with E-state index in [0.717, 1.165) is 11.1 Å². The van der Waals surface area contributed by atoms with Crippen molar-refractivity contribution in [3.05, 3.63) is 58.6 Å². The third-order valence-electron chi connectivity index (χ3n) is 3.44. The van der Waals surface area contributed by atoms with E-state index in [2.05, 4.69) is 26.9 Å². The smallest absolute Gasteiger partial charge is 0.223 e. The molecule has 1 aliphatic rings. The van der Waals surface area contributed by atoms with Crippen molar-refractivity contribution in [1.29, 1.82) is 0 Å². The molecule has 3 rings (SSSR count). The lowest BCUT2D eigenvalue weighted by Crippen LogP contribution is -2.33. The summed E-state index contributed by atoms with van der Waals surface area (Å²) in [5.41, 5.74) is 12.8. The zero-order valence-corrected chi connectivity index (χ0v) is 13.9. The van der Waals surface area contributed by atoms with Gasteiger partial charge in [0.1, 0.15) is 6.61 Å². The summed E-state index contributed by atoms with van der Waals surface area (Å²) in [6, 6.07) is 13.3. The van der Waals surface area contributed by atoms with Crippen LogP contribution in [0.2, 0.25) is 5.02 Å². The number of nitrogens with one attached hydrogen (secondary N) is 4. The molecule has 2 aromatic carbocycles. The zero-order chi connectivity index (χ0) is 16.8. The summed E-state index contributed by atoms with van der Waals surface area (Å²) in [7, 11) is 1.61. The highest BCUT2D eigenvalue weighted by Gasteiger charge is 2.12. The quantitative estimate of drug-likeness (QED) is 0.639. The Balaban J connectivity index is 1.79. The van der Waals surface area contributed by atoms with Crippen LogP contribution < -0.4 is 31.4 Å². The maximum Gasteiger partial charge on any atom is 0.223 e. The van der Waals surface area contributed by atoms with E-state index in [0.29, 0.717) is 35.6 Å². The lowest BCUT2D eigenvalue weighted by atomic mass is 10.2. The Bertz CT molecular complexity index is 730. The van der Waals surface area contributed by atoms with Gasteiger partial charge >= 0.3 is 0 Å². The average molecular weight is 348 g/mol. The molecule has 2 aromatic rings. The lowest BCUT2D eigenvalue weighted by Gasteiger charge is -2.15. The molecule has 0 aliphatic carbocycles. The van der Waals surface area contributed by atoms with E-state index in [1.165, 1.54) is 0 Å². The van der Waals surface area contributed by atoms with Gasteiger partial charge in [0.25, 0.3) is 0 Å². The third kappa shape index (κ3) is 3.88. The molecular formula is C16H18ClN5O2.